The van der Waals surface area contributed by atoms with Crippen LogP contribution >= 0.6 is 11.6 Å². The molecule has 0 unspecified atom stereocenters. The van der Waals surface area contributed by atoms with Gasteiger partial charge in [-0.2, -0.15) is 0 Å². The number of carbonyl (C=O) groups is 1. The molecule has 0 saturated carbocycles. The Kier molecular flexibility index (Phi) is 5.39. The lowest BCUT2D eigenvalue weighted by Gasteiger charge is -2.10. The molecule has 0 atom stereocenters. The van der Waals surface area contributed by atoms with E-state index in [-0.39, 0.29) is 5.91 Å². The van der Waals surface area contributed by atoms with Gasteiger partial charge in [-0.05, 0) is 61.0 Å². The third-order valence-corrected chi connectivity index (χ3v) is 4.06. The van der Waals surface area contributed by atoms with Gasteiger partial charge in [-0.3, -0.25) is 4.79 Å². The number of aryl methyl sites for hydroxylation is 1. The summed E-state index contributed by atoms with van der Waals surface area (Å²) in [4.78, 5) is 16.6. The van der Waals surface area contributed by atoms with Crippen molar-refractivity contribution in [2.24, 2.45) is 0 Å². The van der Waals surface area contributed by atoms with Crippen molar-refractivity contribution >= 4 is 34.6 Å². The molecule has 0 saturated heterocycles. The van der Waals surface area contributed by atoms with Crippen molar-refractivity contribution in [2.45, 2.75) is 6.92 Å². The molecule has 26 heavy (non-hydrogen) atoms. The van der Waals surface area contributed by atoms with E-state index >= 15 is 0 Å². The van der Waals surface area contributed by atoms with E-state index in [2.05, 4.69) is 15.6 Å². The van der Waals surface area contributed by atoms with Gasteiger partial charge in [-0.15, -0.1) is 0 Å². The normalized spacial score (nSPS) is 10.3. The number of pyridine rings is 1. The summed E-state index contributed by atoms with van der Waals surface area (Å²) in [6.07, 6.45) is 1.62. The molecule has 0 spiro atoms. The number of hydrogen-bond acceptors (Lipinski definition) is 4. The van der Waals surface area contributed by atoms with Crippen LogP contribution in [0.2, 0.25) is 5.02 Å². The molecule has 6 heteroatoms. The van der Waals surface area contributed by atoms with Crippen LogP contribution < -0.4 is 15.4 Å². The molecule has 2 N–H and O–H groups in total. The first-order valence-corrected chi connectivity index (χ1v) is 8.37. The van der Waals surface area contributed by atoms with Crippen molar-refractivity contribution in [2.75, 3.05) is 17.7 Å². The average molecular weight is 368 g/mol. The van der Waals surface area contributed by atoms with Crippen LogP contribution in [0.5, 0.6) is 5.75 Å². The quantitative estimate of drug-likeness (QED) is 0.662. The van der Waals surface area contributed by atoms with Crippen LogP contribution in [0.3, 0.4) is 0 Å². The van der Waals surface area contributed by atoms with Gasteiger partial charge < -0.3 is 15.4 Å². The molecule has 0 fully saturated rings. The Labute approximate surface area is 157 Å². The predicted molar refractivity (Wildman–Crippen MR) is 105 cm³/mol. The fourth-order valence-corrected chi connectivity index (χ4v) is 2.53. The molecule has 5 nitrogen and oxygen atoms in total. The minimum atomic E-state index is -0.286. The van der Waals surface area contributed by atoms with Crippen molar-refractivity contribution in [3.63, 3.8) is 0 Å². The summed E-state index contributed by atoms with van der Waals surface area (Å²) in [5.41, 5.74) is 3.61. The van der Waals surface area contributed by atoms with Crippen molar-refractivity contribution in [1.82, 2.24) is 4.98 Å². The summed E-state index contributed by atoms with van der Waals surface area (Å²) in [6, 6.07) is 16.4. The first-order valence-electron chi connectivity index (χ1n) is 8.00. The summed E-state index contributed by atoms with van der Waals surface area (Å²) in [5, 5.41) is 6.62. The molecule has 0 radical (unpaired) electrons. The number of nitrogens with zero attached hydrogens (tertiary/aromatic N) is 1. The van der Waals surface area contributed by atoms with E-state index in [4.69, 9.17) is 16.3 Å². The Bertz CT molecular complexity index is 909. The number of carbonyl (C=O) groups excluding carboxylic acids is 1. The summed E-state index contributed by atoms with van der Waals surface area (Å²) >= 11 is 5.98. The van der Waals surface area contributed by atoms with Gasteiger partial charge in [0.15, 0.2) is 0 Å². The van der Waals surface area contributed by atoms with Gasteiger partial charge in [0, 0.05) is 16.4 Å². The molecule has 3 aromatic rings. The van der Waals surface area contributed by atoms with Crippen LogP contribution in [0.1, 0.15) is 16.1 Å². The van der Waals surface area contributed by atoms with Gasteiger partial charge in [0.25, 0.3) is 5.91 Å². The van der Waals surface area contributed by atoms with E-state index < -0.39 is 0 Å². The third-order valence-electron chi connectivity index (χ3n) is 3.82. The fourth-order valence-electron chi connectivity index (χ4n) is 2.36. The first-order chi connectivity index (χ1) is 12.5. The second kappa shape index (κ2) is 7.89. The molecule has 2 aromatic carbocycles. The highest BCUT2D eigenvalue weighted by Crippen LogP contribution is 2.22. The number of hydrogen-bond donors (Lipinski definition) is 2. The maximum absolute atomic E-state index is 12.4. The Balaban J connectivity index is 1.68. The lowest BCUT2D eigenvalue weighted by atomic mass is 10.2. The van der Waals surface area contributed by atoms with E-state index in [1.165, 1.54) is 0 Å². The maximum atomic E-state index is 12.4. The number of amides is 1. The van der Waals surface area contributed by atoms with Gasteiger partial charge in [-0.25, -0.2) is 4.98 Å². The van der Waals surface area contributed by atoms with E-state index in [1.54, 1.807) is 37.6 Å². The van der Waals surface area contributed by atoms with E-state index in [9.17, 15) is 4.79 Å². The van der Waals surface area contributed by atoms with Gasteiger partial charge in [-0.1, -0.05) is 17.7 Å². The van der Waals surface area contributed by atoms with E-state index in [1.807, 2.05) is 37.3 Å². The minimum absolute atomic E-state index is 0.286. The number of rotatable bonds is 5. The van der Waals surface area contributed by atoms with Crippen molar-refractivity contribution < 1.29 is 9.53 Å². The highest BCUT2D eigenvalue weighted by atomic mass is 35.5. The molecule has 0 aliphatic heterocycles. The summed E-state index contributed by atoms with van der Waals surface area (Å²) < 4.78 is 5.13. The largest absolute Gasteiger partial charge is 0.497 e. The van der Waals surface area contributed by atoms with E-state index in [0.29, 0.717) is 16.4 Å². The number of benzene rings is 2. The fraction of sp³-hybridized carbons (Fsp3) is 0.100. The van der Waals surface area contributed by atoms with E-state index in [0.717, 1.165) is 22.7 Å². The van der Waals surface area contributed by atoms with Crippen molar-refractivity contribution in [1.29, 1.82) is 0 Å². The molecule has 0 bridgehead atoms. The monoisotopic (exact) mass is 367 g/mol. The Morgan fingerprint density at radius 2 is 1.77 bits per heavy atom. The molecular formula is C20H18ClN3O2. The van der Waals surface area contributed by atoms with Crippen LogP contribution in [0, 0.1) is 6.92 Å². The lowest BCUT2D eigenvalue weighted by molar-refractivity contribution is 0.102. The van der Waals surface area contributed by atoms with Gasteiger partial charge in [0.2, 0.25) is 0 Å². The zero-order valence-corrected chi connectivity index (χ0v) is 15.2. The molecular weight excluding hydrogens is 350 g/mol. The molecule has 132 valence electrons. The number of nitrogens with one attached hydrogen (secondary N) is 2. The van der Waals surface area contributed by atoms with Gasteiger partial charge in [0.05, 0.1) is 19.0 Å². The molecule has 0 aliphatic carbocycles. The second-order valence-corrected chi connectivity index (χ2v) is 6.14. The first kappa shape index (κ1) is 17.8. The Hall–Kier alpha value is -3.05. The third kappa shape index (κ3) is 4.32. The summed E-state index contributed by atoms with van der Waals surface area (Å²) in [6.45, 7) is 1.90. The second-order valence-electron chi connectivity index (χ2n) is 5.70. The predicted octanol–water partition coefficient (Wildman–Crippen LogP) is 5.05. The van der Waals surface area contributed by atoms with Crippen LogP contribution in [0.4, 0.5) is 17.1 Å². The van der Waals surface area contributed by atoms with Crippen LogP contribution in [-0.2, 0) is 0 Å². The molecule has 3 rings (SSSR count). The lowest BCUT2D eigenvalue weighted by Crippen LogP contribution is -2.14. The highest BCUT2D eigenvalue weighted by Gasteiger charge is 2.10. The Morgan fingerprint density at radius 3 is 2.42 bits per heavy atom. The van der Waals surface area contributed by atoms with Gasteiger partial charge >= 0.3 is 0 Å². The number of ether oxygens (including phenoxy) is 1. The van der Waals surface area contributed by atoms with Gasteiger partial charge in [0.1, 0.15) is 11.4 Å². The van der Waals surface area contributed by atoms with Crippen molar-refractivity contribution in [3.05, 3.63) is 77.1 Å². The molecule has 0 aliphatic rings. The standard InChI is InChI=1S/C20H18ClN3O2/c1-13-3-4-14(21)11-19(13)24-20(25)18-10-7-16(12-22-18)23-15-5-8-17(26-2)9-6-15/h3-12,23H,1-2H3,(H,24,25). The molecule has 1 heterocycles. The maximum Gasteiger partial charge on any atom is 0.274 e. The average Bonchev–Trinajstić information content (AvgIpc) is 2.66. The zero-order valence-electron chi connectivity index (χ0n) is 14.4. The SMILES string of the molecule is COc1ccc(Nc2ccc(C(=O)Nc3cc(Cl)ccc3C)nc2)cc1. The van der Waals surface area contributed by atoms with Crippen LogP contribution in [-0.4, -0.2) is 18.0 Å². The molecule has 1 aromatic heterocycles. The summed E-state index contributed by atoms with van der Waals surface area (Å²) in [5.74, 6) is 0.503. The molecule has 1 amide bonds. The topological polar surface area (TPSA) is 63.2 Å². The van der Waals surface area contributed by atoms with Crippen molar-refractivity contribution in [3.8, 4) is 5.75 Å². The van der Waals surface area contributed by atoms with Crippen LogP contribution in [0.25, 0.3) is 0 Å². The highest BCUT2D eigenvalue weighted by molar-refractivity contribution is 6.31. The number of anilines is 3. The number of halogens is 1. The summed E-state index contributed by atoms with van der Waals surface area (Å²) in [7, 11) is 1.63. The Morgan fingerprint density at radius 1 is 1.04 bits per heavy atom. The minimum Gasteiger partial charge on any atom is -0.497 e. The number of aromatic nitrogens is 1. The van der Waals surface area contributed by atoms with Crippen LogP contribution in [0.15, 0.2) is 60.8 Å². The zero-order chi connectivity index (χ0) is 18.5. The number of methoxy groups -OCH3 is 1. The smallest absolute Gasteiger partial charge is 0.274 e.